The zero-order valence-electron chi connectivity index (χ0n) is 13.4. The molecule has 1 aliphatic rings. The Bertz CT molecular complexity index is 493. The summed E-state index contributed by atoms with van der Waals surface area (Å²) in [5, 5.41) is 5.85. The fraction of sp³-hybridized carbons (Fsp3) is 0.556. The summed E-state index contributed by atoms with van der Waals surface area (Å²) in [7, 11) is 1.62. The molecule has 0 bridgehead atoms. The average Bonchev–Trinajstić information content (AvgIpc) is 2.56. The van der Waals surface area contributed by atoms with Gasteiger partial charge in [0.2, 0.25) is 11.8 Å². The summed E-state index contributed by atoms with van der Waals surface area (Å²) >= 11 is 0. The number of hydrogen-bond donors (Lipinski definition) is 2. The summed E-state index contributed by atoms with van der Waals surface area (Å²) < 4.78 is 0. The van der Waals surface area contributed by atoms with Gasteiger partial charge in [0.05, 0.1) is 5.54 Å². The lowest BCUT2D eigenvalue weighted by Gasteiger charge is -2.39. The highest BCUT2D eigenvalue weighted by Crippen LogP contribution is 2.37. The largest absolute Gasteiger partial charge is 0.359 e. The molecule has 4 nitrogen and oxygen atoms in total. The molecule has 0 radical (unpaired) electrons. The standard InChI is InChI=1S/C18H26N2O2/c1-19-16(21)11-8-12-17(22)20-18(13-6-3-7-14-18)15-9-4-2-5-10-15/h2,4-5,9-10H,3,6-8,11-14H2,1H3,(H,19,21)(H,20,22). The van der Waals surface area contributed by atoms with Crippen LogP contribution in [0.4, 0.5) is 0 Å². The Morgan fingerprint density at radius 3 is 2.27 bits per heavy atom. The van der Waals surface area contributed by atoms with E-state index in [1.54, 1.807) is 7.05 Å². The van der Waals surface area contributed by atoms with E-state index in [0.29, 0.717) is 19.3 Å². The van der Waals surface area contributed by atoms with E-state index < -0.39 is 0 Å². The van der Waals surface area contributed by atoms with Gasteiger partial charge < -0.3 is 10.6 Å². The van der Waals surface area contributed by atoms with E-state index in [0.717, 1.165) is 25.7 Å². The summed E-state index contributed by atoms with van der Waals surface area (Å²) in [5.74, 6) is 0.0397. The molecule has 0 saturated heterocycles. The lowest BCUT2D eigenvalue weighted by Crippen LogP contribution is -2.47. The maximum absolute atomic E-state index is 12.3. The second-order valence-corrected chi connectivity index (χ2v) is 6.08. The maximum atomic E-state index is 12.3. The van der Waals surface area contributed by atoms with E-state index in [2.05, 4.69) is 22.8 Å². The van der Waals surface area contributed by atoms with Gasteiger partial charge in [-0.1, -0.05) is 49.6 Å². The fourth-order valence-electron chi connectivity index (χ4n) is 3.26. The number of carbonyl (C=O) groups excluding carboxylic acids is 2. The molecule has 2 amide bonds. The van der Waals surface area contributed by atoms with E-state index in [1.165, 1.54) is 12.0 Å². The molecule has 2 rings (SSSR count). The topological polar surface area (TPSA) is 58.2 Å². The molecule has 1 fully saturated rings. The van der Waals surface area contributed by atoms with Crippen LogP contribution in [0.25, 0.3) is 0 Å². The first-order valence-electron chi connectivity index (χ1n) is 8.23. The Hall–Kier alpha value is -1.84. The Morgan fingerprint density at radius 1 is 1.00 bits per heavy atom. The Kier molecular flexibility index (Phi) is 5.99. The second-order valence-electron chi connectivity index (χ2n) is 6.08. The van der Waals surface area contributed by atoms with Crippen LogP contribution in [0.5, 0.6) is 0 Å². The second kappa shape index (κ2) is 7.97. The van der Waals surface area contributed by atoms with Crippen molar-refractivity contribution < 1.29 is 9.59 Å². The normalized spacial score (nSPS) is 16.8. The molecular weight excluding hydrogens is 276 g/mol. The van der Waals surface area contributed by atoms with Gasteiger partial charge in [-0.25, -0.2) is 0 Å². The lowest BCUT2D eigenvalue weighted by atomic mass is 9.76. The molecule has 0 atom stereocenters. The summed E-state index contributed by atoms with van der Waals surface area (Å²) in [6.07, 6.45) is 6.93. The van der Waals surface area contributed by atoms with Crippen molar-refractivity contribution in [3.05, 3.63) is 35.9 Å². The van der Waals surface area contributed by atoms with E-state index >= 15 is 0 Å². The Labute approximate surface area is 132 Å². The number of carbonyl (C=O) groups is 2. The lowest BCUT2D eigenvalue weighted by molar-refractivity contribution is -0.124. The van der Waals surface area contributed by atoms with Gasteiger partial charge in [-0.15, -0.1) is 0 Å². The number of hydrogen-bond acceptors (Lipinski definition) is 2. The van der Waals surface area contributed by atoms with E-state index in [9.17, 15) is 9.59 Å². The molecule has 1 saturated carbocycles. The zero-order valence-corrected chi connectivity index (χ0v) is 13.4. The van der Waals surface area contributed by atoms with Gasteiger partial charge in [-0.3, -0.25) is 9.59 Å². The van der Waals surface area contributed by atoms with Crippen molar-refractivity contribution >= 4 is 11.8 Å². The van der Waals surface area contributed by atoms with Crippen molar-refractivity contribution in [3.63, 3.8) is 0 Å². The first kappa shape index (κ1) is 16.5. The first-order valence-corrected chi connectivity index (χ1v) is 8.23. The molecule has 2 N–H and O–H groups in total. The van der Waals surface area contributed by atoms with E-state index in [4.69, 9.17) is 0 Å². The molecule has 0 spiro atoms. The third-order valence-electron chi connectivity index (χ3n) is 4.50. The van der Waals surface area contributed by atoms with Crippen molar-refractivity contribution in [1.29, 1.82) is 0 Å². The van der Waals surface area contributed by atoms with Gasteiger partial charge in [0.1, 0.15) is 0 Å². The summed E-state index contributed by atoms with van der Waals surface area (Å²) in [6.45, 7) is 0. The van der Waals surface area contributed by atoms with Gasteiger partial charge in [0, 0.05) is 19.9 Å². The molecule has 0 aromatic heterocycles. The van der Waals surface area contributed by atoms with Gasteiger partial charge in [0.25, 0.3) is 0 Å². The molecular formula is C18H26N2O2. The number of amides is 2. The van der Waals surface area contributed by atoms with Crippen molar-refractivity contribution in [2.45, 2.75) is 56.9 Å². The van der Waals surface area contributed by atoms with Crippen LogP contribution >= 0.6 is 0 Å². The molecule has 1 aromatic rings. The van der Waals surface area contributed by atoms with Crippen molar-refractivity contribution in [2.24, 2.45) is 0 Å². The predicted octanol–water partition coefficient (Wildman–Crippen LogP) is 2.88. The molecule has 22 heavy (non-hydrogen) atoms. The highest BCUT2D eigenvalue weighted by Gasteiger charge is 2.34. The first-order chi connectivity index (χ1) is 10.7. The number of rotatable bonds is 6. The van der Waals surface area contributed by atoms with Crippen LogP contribution in [-0.4, -0.2) is 18.9 Å². The molecule has 0 unspecified atom stereocenters. The predicted molar refractivity (Wildman–Crippen MR) is 87.3 cm³/mol. The minimum Gasteiger partial charge on any atom is -0.359 e. The molecule has 4 heteroatoms. The van der Waals surface area contributed by atoms with Crippen molar-refractivity contribution in [1.82, 2.24) is 10.6 Å². The summed E-state index contributed by atoms with van der Waals surface area (Å²) in [5.41, 5.74) is 0.984. The van der Waals surface area contributed by atoms with E-state index in [1.807, 2.05) is 18.2 Å². The molecule has 1 aromatic carbocycles. The number of benzene rings is 1. The SMILES string of the molecule is CNC(=O)CCCC(=O)NC1(c2ccccc2)CCCCC1. The van der Waals surface area contributed by atoms with Crippen molar-refractivity contribution in [2.75, 3.05) is 7.05 Å². The number of nitrogens with one attached hydrogen (secondary N) is 2. The molecule has 1 aliphatic carbocycles. The van der Waals surface area contributed by atoms with Crippen LogP contribution in [-0.2, 0) is 15.1 Å². The van der Waals surface area contributed by atoms with Gasteiger partial charge in [-0.2, -0.15) is 0 Å². The summed E-state index contributed by atoms with van der Waals surface area (Å²) in [4.78, 5) is 23.5. The summed E-state index contributed by atoms with van der Waals surface area (Å²) in [6, 6.07) is 10.3. The quantitative estimate of drug-likeness (QED) is 0.849. The van der Waals surface area contributed by atoms with Crippen molar-refractivity contribution in [3.8, 4) is 0 Å². The minimum absolute atomic E-state index is 0.0109. The van der Waals surface area contributed by atoms with Gasteiger partial charge in [0.15, 0.2) is 0 Å². The third kappa shape index (κ3) is 4.33. The fourth-order valence-corrected chi connectivity index (χ4v) is 3.26. The highest BCUT2D eigenvalue weighted by atomic mass is 16.2. The van der Waals surface area contributed by atoms with Crippen LogP contribution in [0.1, 0.15) is 56.9 Å². The van der Waals surface area contributed by atoms with Gasteiger partial charge >= 0.3 is 0 Å². The van der Waals surface area contributed by atoms with Crippen LogP contribution in [0.3, 0.4) is 0 Å². The zero-order chi connectivity index (χ0) is 15.8. The smallest absolute Gasteiger partial charge is 0.220 e. The highest BCUT2D eigenvalue weighted by molar-refractivity contribution is 5.79. The minimum atomic E-state index is -0.219. The Morgan fingerprint density at radius 2 is 1.64 bits per heavy atom. The Balaban J connectivity index is 1.98. The molecule has 0 heterocycles. The van der Waals surface area contributed by atoms with E-state index in [-0.39, 0.29) is 17.4 Å². The average molecular weight is 302 g/mol. The van der Waals surface area contributed by atoms with Crippen LogP contribution in [0.15, 0.2) is 30.3 Å². The molecule has 0 aliphatic heterocycles. The molecule has 120 valence electrons. The van der Waals surface area contributed by atoms with Crippen LogP contribution in [0.2, 0.25) is 0 Å². The third-order valence-corrected chi connectivity index (χ3v) is 4.50. The van der Waals surface area contributed by atoms with Crippen LogP contribution < -0.4 is 10.6 Å². The van der Waals surface area contributed by atoms with Gasteiger partial charge in [-0.05, 0) is 24.8 Å². The van der Waals surface area contributed by atoms with Crippen LogP contribution in [0, 0.1) is 0 Å². The monoisotopic (exact) mass is 302 g/mol. The maximum Gasteiger partial charge on any atom is 0.220 e.